The number of carbonyl (C=O) groups excluding carboxylic acids is 1. The van der Waals surface area contributed by atoms with Gasteiger partial charge in [0.25, 0.3) is 0 Å². The van der Waals surface area contributed by atoms with Crippen LogP contribution in [-0.2, 0) is 11.3 Å². The molecule has 9 heteroatoms. The Hall–Kier alpha value is -2.32. The number of hydrogen-bond acceptors (Lipinski definition) is 5. The van der Waals surface area contributed by atoms with E-state index >= 15 is 0 Å². The first-order chi connectivity index (χ1) is 13.9. The maximum atomic E-state index is 12.6. The minimum atomic E-state index is -0.452. The van der Waals surface area contributed by atoms with E-state index < -0.39 is 5.60 Å². The number of carbonyl (C=O) groups is 1. The van der Waals surface area contributed by atoms with Crippen molar-refractivity contribution in [1.29, 1.82) is 0 Å². The van der Waals surface area contributed by atoms with Gasteiger partial charge in [-0.1, -0.05) is 0 Å². The second-order valence-electron chi connectivity index (χ2n) is 8.99. The van der Waals surface area contributed by atoms with Crippen LogP contribution in [-0.4, -0.2) is 69.0 Å². The van der Waals surface area contributed by atoms with Crippen LogP contribution in [0, 0.1) is 0 Å². The number of ether oxygens (including phenoxy) is 1. The monoisotopic (exact) mass is 405 g/mol. The number of piperidine rings is 1. The Morgan fingerprint density at radius 2 is 1.83 bits per heavy atom. The fraction of sp³-hybridized carbons (Fsp3) is 0.800. The van der Waals surface area contributed by atoms with E-state index in [9.17, 15) is 4.79 Å². The van der Waals surface area contributed by atoms with Crippen LogP contribution in [0.3, 0.4) is 0 Å². The summed E-state index contributed by atoms with van der Waals surface area (Å²) in [6, 6.07) is 0.834. The molecule has 0 aromatic carbocycles. The molecule has 3 rings (SSSR count). The smallest absolute Gasteiger partial charge is 0.410 e. The molecule has 2 saturated heterocycles. The van der Waals surface area contributed by atoms with Gasteiger partial charge in [-0.2, -0.15) is 0 Å². The maximum absolute atomic E-state index is 12.6. The second-order valence-corrected chi connectivity index (χ2v) is 8.99. The van der Waals surface area contributed by atoms with Crippen molar-refractivity contribution in [3.63, 3.8) is 0 Å². The van der Waals surface area contributed by atoms with Gasteiger partial charge < -0.3 is 24.8 Å². The quantitative estimate of drug-likeness (QED) is 0.428. The van der Waals surface area contributed by atoms with Gasteiger partial charge in [-0.05, 0) is 59.3 Å². The molecule has 162 valence electrons. The van der Waals surface area contributed by atoms with Gasteiger partial charge in [0.1, 0.15) is 18.3 Å². The summed E-state index contributed by atoms with van der Waals surface area (Å²) in [4.78, 5) is 18.9. The molecule has 1 aromatic rings. The van der Waals surface area contributed by atoms with Crippen molar-refractivity contribution in [2.75, 3.05) is 13.6 Å². The molecule has 2 bridgehead atoms. The topological polar surface area (TPSA) is 96.7 Å². The van der Waals surface area contributed by atoms with Crippen LogP contribution >= 0.6 is 0 Å². The van der Waals surface area contributed by atoms with Crippen LogP contribution < -0.4 is 10.6 Å². The molecule has 9 nitrogen and oxygen atoms in total. The lowest BCUT2D eigenvalue weighted by Crippen LogP contribution is -2.55. The van der Waals surface area contributed by atoms with Crippen LogP contribution in [0.15, 0.2) is 17.6 Å². The number of rotatable bonds is 6. The zero-order valence-electron chi connectivity index (χ0n) is 18.1. The highest BCUT2D eigenvalue weighted by Crippen LogP contribution is 2.36. The molecular formula is C20H35N7O2. The Labute approximate surface area is 173 Å². The number of fused-ring (bicyclic) bond motifs is 2. The predicted molar refractivity (Wildman–Crippen MR) is 112 cm³/mol. The molecule has 2 fully saturated rings. The lowest BCUT2D eigenvalue weighted by atomic mass is 9.98. The standard InChI is InChI=1S/C20H35N7O2/c1-20(2,3)29-19(28)27-16-7-8-17(27)12-15(11-16)25-18(21-4)22-9-5-6-10-26-13-23-24-14-26/h13-17H,5-12H2,1-4H3,(H2,21,22,25). The zero-order valence-corrected chi connectivity index (χ0v) is 18.1. The number of aliphatic imine (C=N–C) groups is 1. The van der Waals surface area contributed by atoms with E-state index in [1.807, 2.05) is 30.2 Å². The average molecular weight is 406 g/mol. The van der Waals surface area contributed by atoms with Crippen molar-refractivity contribution in [2.24, 2.45) is 4.99 Å². The first-order valence-electron chi connectivity index (χ1n) is 10.7. The van der Waals surface area contributed by atoms with E-state index in [1.54, 1.807) is 19.7 Å². The molecule has 2 N–H and O–H groups in total. The summed E-state index contributed by atoms with van der Waals surface area (Å²) in [5.41, 5.74) is -0.452. The van der Waals surface area contributed by atoms with Crippen molar-refractivity contribution < 1.29 is 9.53 Å². The third-order valence-electron chi connectivity index (χ3n) is 5.50. The van der Waals surface area contributed by atoms with Gasteiger partial charge >= 0.3 is 6.09 Å². The van der Waals surface area contributed by atoms with Crippen LogP contribution in [0.1, 0.15) is 59.3 Å². The van der Waals surface area contributed by atoms with Crippen LogP contribution in [0.2, 0.25) is 0 Å². The van der Waals surface area contributed by atoms with Crippen molar-refractivity contribution in [2.45, 2.75) is 89.6 Å². The Balaban J connectivity index is 1.41. The number of amides is 1. The highest BCUT2D eigenvalue weighted by molar-refractivity contribution is 5.80. The minimum Gasteiger partial charge on any atom is -0.444 e. The second kappa shape index (κ2) is 9.45. The average Bonchev–Trinajstić information content (AvgIpc) is 3.25. The van der Waals surface area contributed by atoms with Gasteiger partial charge in [0.2, 0.25) is 0 Å². The summed E-state index contributed by atoms with van der Waals surface area (Å²) in [7, 11) is 1.80. The van der Waals surface area contributed by atoms with Gasteiger partial charge in [0.05, 0.1) is 0 Å². The number of nitrogens with one attached hydrogen (secondary N) is 2. The van der Waals surface area contributed by atoms with E-state index in [1.165, 1.54) is 0 Å². The van der Waals surface area contributed by atoms with E-state index in [0.717, 1.165) is 57.6 Å². The van der Waals surface area contributed by atoms with Crippen LogP contribution in [0.25, 0.3) is 0 Å². The first-order valence-corrected chi connectivity index (χ1v) is 10.7. The van der Waals surface area contributed by atoms with Crippen LogP contribution in [0.5, 0.6) is 0 Å². The van der Waals surface area contributed by atoms with Gasteiger partial charge in [-0.25, -0.2) is 4.79 Å². The van der Waals surface area contributed by atoms with Crippen molar-refractivity contribution in [3.8, 4) is 0 Å². The summed E-state index contributed by atoms with van der Waals surface area (Å²) in [6.45, 7) is 7.55. The Kier molecular flexibility index (Phi) is 6.97. The molecule has 0 aliphatic carbocycles. The summed E-state index contributed by atoms with van der Waals surface area (Å²) < 4.78 is 7.61. The SMILES string of the molecule is CN=C(NCCCCn1cnnc1)NC1CC2CCC(C1)N2C(=O)OC(C)(C)C. The molecule has 2 aliphatic rings. The van der Waals surface area contributed by atoms with Crippen molar-refractivity contribution in [3.05, 3.63) is 12.7 Å². The van der Waals surface area contributed by atoms with Crippen molar-refractivity contribution in [1.82, 2.24) is 30.3 Å². The third-order valence-corrected chi connectivity index (χ3v) is 5.50. The number of unbranched alkanes of at least 4 members (excludes halogenated alkanes) is 1. The van der Waals surface area contributed by atoms with Crippen molar-refractivity contribution >= 4 is 12.1 Å². The zero-order chi connectivity index (χ0) is 20.9. The van der Waals surface area contributed by atoms with E-state index in [-0.39, 0.29) is 18.2 Å². The Morgan fingerprint density at radius 1 is 1.17 bits per heavy atom. The van der Waals surface area contributed by atoms with Gasteiger partial charge in [0.15, 0.2) is 5.96 Å². The minimum absolute atomic E-state index is 0.168. The van der Waals surface area contributed by atoms with Gasteiger partial charge in [-0.15, -0.1) is 10.2 Å². The molecule has 29 heavy (non-hydrogen) atoms. The highest BCUT2D eigenvalue weighted by Gasteiger charge is 2.45. The molecule has 2 unspecified atom stereocenters. The molecule has 1 amide bonds. The Morgan fingerprint density at radius 3 is 2.41 bits per heavy atom. The molecule has 2 aliphatic heterocycles. The summed E-state index contributed by atoms with van der Waals surface area (Å²) >= 11 is 0. The summed E-state index contributed by atoms with van der Waals surface area (Å²) in [5, 5.41) is 14.6. The lowest BCUT2D eigenvalue weighted by molar-refractivity contribution is 0.00545. The fourth-order valence-electron chi connectivity index (χ4n) is 4.26. The number of nitrogens with zero attached hydrogens (tertiary/aromatic N) is 5. The third kappa shape index (κ3) is 6.08. The largest absolute Gasteiger partial charge is 0.444 e. The molecular weight excluding hydrogens is 370 g/mol. The molecule has 0 radical (unpaired) electrons. The molecule has 3 heterocycles. The predicted octanol–water partition coefficient (Wildman–Crippen LogP) is 2.15. The Bertz CT molecular complexity index is 670. The number of guanidine groups is 1. The van der Waals surface area contributed by atoms with E-state index in [0.29, 0.717) is 6.04 Å². The maximum Gasteiger partial charge on any atom is 0.410 e. The summed E-state index contributed by atoms with van der Waals surface area (Å²) in [6.07, 6.45) is 9.39. The summed E-state index contributed by atoms with van der Waals surface area (Å²) in [5.74, 6) is 0.837. The normalized spacial score (nSPS) is 24.5. The molecule has 0 spiro atoms. The number of aromatic nitrogens is 3. The van der Waals surface area contributed by atoms with Crippen LogP contribution in [0.4, 0.5) is 4.79 Å². The highest BCUT2D eigenvalue weighted by atomic mass is 16.6. The van der Waals surface area contributed by atoms with Gasteiger partial charge in [0, 0.05) is 38.3 Å². The fourth-order valence-corrected chi connectivity index (χ4v) is 4.26. The molecule has 2 atom stereocenters. The number of aryl methyl sites for hydroxylation is 1. The lowest BCUT2D eigenvalue weighted by Gasteiger charge is -2.40. The first kappa shape index (κ1) is 21.4. The number of hydrogen-bond donors (Lipinski definition) is 2. The van der Waals surface area contributed by atoms with E-state index in [4.69, 9.17) is 4.74 Å². The molecule has 0 saturated carbocycles. The van der Waals surface area contributed by atoms with E-state index in [2.05, 4.69) is 25.8 Å². The van der Waals surface area contributed by atoms with Gasteiger partial charge in [-0.3, -0.25) is 4.99 Å². The molecule has 1 aromatic heterocycles.